The Morgan fingerprint density at radius 3 is 2.00 bits per heavy atom. The third kappa shape index (κ3) is 9.80. The maximum absolute atomic E-state index is 5.12. The first-order chi connectivity index (χ1) is 5.41. The molecule has 0 aliphatic rings. The largest absolute Gasteiger partial charge is 0.379 e. The van der Waals surface area contributed by atoms with Gasteiger partial charge in [0.15, 0.2) is 0 Å². The summed E-state index contributed by atoms with van der Waals surface area (Å²) in [5.41, 5.74) is 0. The van der Waals surface area contributed by atoms with Crippen molar-refractivity contribution >= 4 is 0 Å². The Balaban J connectivity index is 2.69. The standard InChI is InChI=1S/C6H16N2O3/c7-10-4-2-1-3-9-5-6-11-8/h1-8H2. The molecular formula is C6H16N2O3. The quantitative estimate of drug-likeness (QED) is 0.375. The van der Waals surface area contributed by atoms with Gasteiger partial charge in [-0.15, -0.1) is 0 Å². The Kier molecular flexibility index (Phi) is 9.62. The fourth-order valence-corrected chi connectivity index (χ4v) is 0.599. The second-order valence-corrected chi connectivity index (χ2v) is 2.06. The molecule has 0 aromatic carbocycles. The predicted molar refractivity (Wildman–Crippen MR) is 40.3 cm³/mol. The van der Waals surface area contributed by atoms with Gasteiger partial charge >= 0.3 is 0 Å². The van der Waals surface area contributed by atoms with Crippen LogP contribution in [0.3, 0.4) is 0 Å². The summed E-state index contributed by atoms with van der Waals surface area (Å²) in [4.78, 5) is 8.67. The van der Waals surface area contributed by atoms with Crippen molar-refractivity contribution in [1.82, 2.24) is 0 Å². The van der Waals surface area contributed by atoms with Crippen molar-refractivity contribution in [2.24, 2.45) is 11.8 Å². The van der Waals surface area contributed by atoms with E-state index in [1.165, 1.54) is 0 Å². The molecule has 4 N–H and O–H groups in total. The molecule has 0 rings (SSSR count). The Morgan fingerprint density at radius 1 is 0.727 bits per heavy atom. The summed E-state index contributed by atoms with van der Waals surface area (Å²) < 4.78 is 5.12. The van der Waals surface area contributed by atoms with Crippen molar-refractivity contribution in [2.45, 2.75) is 12.8 Å². The van der Waals surface area contributed by atoms with E-state index in [0.717, 1.165) is 12.8 Å². The molecule has 0 spiro atoms. The molecule has 5 heteroatoms. The fourth-order valence-electron chi connectivity index (χ4n) is 0.599. The summed E-state index contributed by atoms with van der Waals surface area (Å²) in [5, 5.41) is 0. The highest BCUT2D eigenvalue weighted by atomic mass is 16.6. The summed E-state index contributed by atoms with van der Waals surface area (Å²) in [6, 6.07) is 0. The summed E-state index contributed by atoms with van der Waals surface area (Å²) in [6.45, 7) is 2.26. The van der Waals surface area contributed by atoms with Crippen LogP contribution in [0.4, 0.5) is 0 Å². The van der Waals surface area contributed by atoms with E-state index in [4.69, 9.17) is 16.5 Å². The monoisotopic (exact) mass is 164 g/mol. The minimum Gasteiger partial charge on any atom is -0.379 e. The molecule has 0 radical (unpaired) electrons. The van der Waals surface area contributed by atoms with E-state index in [-0.39, 0.29) is 0 Å². The van der Waals surface area contributed by atoms with E-state index < -0.39 is 0 Å². The number of nitrogens with two attached hydrogens (primary N) is 2. The molecule has 11 heavy (non-hydrogen) atoms. The summed E-state index contributed by atoms with van der Waals surface area (Å²) >= 11 is 0. The van der Waals surface area contributed by atoms with Gasteiger partial charge in [-0.1, -0.05) is 0 Å². The van der Waals surface area contributed by atoms with Gasteiger partial charge in [0.1, 0.15) is 0 Å². The molecule has 0 saturated heterocycles. The molecule has 0 fully saturated rings. The Bertz CT molecular complexity index is 64.8. The predicted octanol–water partition coefficient (Wildman–Crippen LogP) is -0.436. The van der Waals surface area contributed by atoms with E-state index >= 15 is 0 Å². The van der Waals surface area contributed by atoms with Crippen LogP contribution in [0.25, 0.3) is 0 Å². The number of hydrogen-bond acceptors (Lipinski definition) is 5. The maximum atomic E-state index is 5.12. The SMILES string of the molecule is NOCCCCOCCON. The first-order valence-corrected chi connectivity index (χ1v) is 3.63. The molecule has 0 heterocycles. The number of ether oxygens (including phenoxy) is 1. The molecule has 0 aliphatic heterocycles. The van der Waals surface area contributed by atoms with Gasteiger partial charge in [0.05, 0.1) is 19.8 Å². The van der Waals surface area contributed by atoms with Crippen molar-refractivity contribution in [2.75, 3.05) is 26.4 Å². The average Bonchev–Trinajstić information content (AvgIpc) is 2.03. The highest BCUT2D eigenvalue weighted by molar-refractivity contribution is 4.36. The van der Waals surface area contributed by atoms with Crippen LogP contribution in [0.2, 0.25) is 0 Å². The molecule has 0 unspecified atom stereocenters. The highest BCUT2D eigenvalue weighted by Crippen LogP contribution is 1.89. The molecule has 0 atom stereocenters. The van der Waals surface area contributed by atoms with Gasteiger partial charge in [0.25, 0.3) is 0 Å². The second kappa shape index (κ2) is 9.80. The van der Waals surface area contributed by atoms with Crippen LogP contribution in [0, 0.1) is 0 Å². The fraction of sp³-hybridized carbons (Fsp3) is 1.00. The Hall–Kier alpha value is -0.200. The summed E-state index contributed by atoms with van der Waals surface area (Å²) in [6.07, 6.45) is 1.86. The van der Waals surface area contributed by atoms with E-state index in [2.05, 4.69) is 9.68 Å². The molecule has 0 aromatic heterocycles. The molecule has 0 aromatic rings. The third-order valence-electron chi connectivity index (χ3n) is 1.15. The lowest BCUT2D eigenvalue weighted by Crippen LogP contribution is -2.09. The Morgan fingerprint density at radius 2 is 1.36 bits per heavy atom. The van der Waals surface area contributed by atoms with Gasteiger partial charge in [-0.05, 0) is 12.8 Å². The molecule has 68 valence electrons. The van der Waals surface area contributed by atoms with Crippen molar-refractivity contribution < 1.29 is 14.4 Å². The van der Waals surface area contributed by atoms with E-state index in [1.807, 2.05) is 0 Å². The molecule has 0 bridgehead atoms. The van der Waals surface area contributed by atoms with Crippen molar-refractivity contribution in [3.63, 3.8) is 0 Å². The lowest BCUT2D eigenvalue weighted by atomic mass is 10.3. The van der Waals surface area contributed by atoms with Gasteiger partial charge < -0.3 is 14.4 Å². The minimum atomic E-state index is 0.438. The number of unbranched alkanes of at least 4 members (excludes halogenated alkanes) is 1. The smallest absolute Gasteiger partial charge is 0.0913 e. The van der Waals surface area contributed by atoms with Crippen molar-refractivity contribution in [1.29, 1.82) is 0 Å². The van der Waals surface area contributed by atoms with E-state index in [9.17, 15) is 0 Å². The van der Waals surface area contributed by atoms with Gasteiger partial charge in [0.2, 0.25) is 0 Å². The van der Waals surface area contributed by atoms with E-state index in [0.29, 0.717) is 26.4 Å². The molecular weight excluding hydrogens is 148 g/mol. The normalized spacial score (nSPS) is 10.4. The molecule has 0 amide bonds. The third-order valence-corrected chi connectivity index (χ3v) is 1.15. The first-order valence-electron chi connectivity index (χ1n) is 3.63. The van der Waals surface area contributed by atoms with Crippen molar-refractivity contribution in [3.8, 4) is 0 Å². The van der Waals surface area contributed by atoms with Crippen LogP contribution < -0.4 is 11.8 Å². The molecule has 5 nitrogen and oxygen atoms in total. The highest BCUT2D eigenvalue weighted by Gasteiger charge is 1.88. The molecule has 0 aliphatic carbocycles. The van der Waals surface area contributed by atoms with Crippen LogP contribution in [-0.4, -0.2) is 26.4 Å². The van der Waals surface area contributed by atoms with Gasteiger partial charge in [-0.3, -0.25) is 0 Å². The first kappa shape index (κ1) is 10.8. The van der Waals surface area contributed by atoms with E-state index in [1.54, 1.807) is 0 Å². The lowest BCUT2D eigenvalue weighted by Gasteiger charge is -2.01. The topological polar surface area (TPSA) is 79.7 Å². The van der Waals surface area contributed by atoms with Crippen LogP contribution in [0.5, 0.6) is 0 Å². The maximum Gasteiger partial charge on any atom is 0.0913 e. The Labute approximate surface area is 66.5 Å². The zero-order valence-corrected chi connectivity index (χ0v) is 6.62. The van der Waals surface area contributed by atoms with Crippen LogP contribution in [0.15, 0.2) is 0 Å². The van der Waals surface area contributed by atoms with Crippen LogP contribution in [-0.2, 0) is 14.4 Å². The number of rotatable bonds is 8. The van der Waals surface area contributed by atoms with Gasteiger partial charge in [-0.25, -0.2) is 11.8 Å². The second-order valence-electron chi connectivity index (χ2n) is 2.06. The summed E-state index contributed by atoms with van der Waals surface area (Å²) in [5.74, 6) is 9.59. The average molecular weight is 164 g/mol. The zero-order valence-electron chi connectivity index (χ0n) is 6.62. The van der Waals surface area contributed by atoms with Gasteiger partial charge in [-0.2, -0.15) is 0 Å². The summed E-state index contributed by atoms with van der Waals surface area (Å²) in [7, 11) is 0. The number of hydrogen-bond donors (Lipinski definition) is 2. The van der Waals surface area contributed by atoms with Gasteiger partial charge in [0, 0.05) is 6.61 Å². The van der Waals surface area contributed by atoms with Crippen LogP contribution >= 0.6 is 0 Å². The lowest BCUT2D eigenvalue weighted by molar-refractivity contribution is 0.0431. The minimum absolute atomic E-state index is 0.438. The zero-order chi connectivity index (χ0) is 8.36. The van der Waals surface area contributed by atoms with Crippen LogP contribution in [0.1, 0.15) is 12.8 Å². The van der Waals surface area contributed by atoms with Crippen molar-refractivity contribution in [3.05, 3.63) is 0 Å². The molecule has 0 saturated carbocycles.